The Morgan fingerprint density at radius 2 is 1.95 bits per heavy atom. The number of rotatable bonds is 2. The third-order valence-electron chi connectivity index (χ3n) is 2.22. The molecule has 0 amide bonds. The van der Waals surface area contributed by atoms with Crippen LogP contribution >= 0.6 is 11.8 Å². The predicted octanol–water partition coefficient (Wildman–Crippen LogP) is 1.67. The Kier molecular flexibility index (Phi) is 3.35. The van der Waals surface area contributed by atoms with E-state index < -0.39 is 12.0 Å². The minimum absolute atomic E-state index is 0.0651. The number of hydrogen-bond acceptors (Lipinski definition) is 6. The van der Waals surface area contributed by atoms with E-state index >= 15 is 0 Å². The first-order chi connectivity index (χ1) is 8.77. The molecule has 0 aliphatic heterocycles. The van der Waals surface area contributed by atoms with Crippen LogP contribution < -0.4 is 5.73 Å². The van der Waals surface area contributed by atoms with Crippen molar-refractivity contribution in [3.05, 3.63) is 17.7 Å². The summed E-state index contributed by atoms with van der Waals surface area (Å²) in [6.45, 7) is 1.73. The van der Waals surface area contributed by atoms with Crippen molar-refractivity contribution >= 4 is 17.6 Å². The largest absolute Gasteiger partial charge is 0.451 e. The van der Waals surface area contributed by atoms with Crippen LogP contribution in [0.5, 0.6) is 0 Å². The van der Waals surface area contributed by atoms with E-state index in [1.165, 1.54) is 6.07 Å². The fraction of sp³-hybridized carbons (Fsp3) is 0.333. The average molecular weight is 290 g/mol. The van der Waals surface area contributed by atoms with E-state index in [0.717, 1.165) is 11.8 Å². The molecule has 0 fully saturated rings. The maximum atomic E-state index is 12.5. The zero-order chi connectivity index (χ0) is 14.2. The van der Waals surface area contributed by atoms with Gasteiger partial charge in [-0.3, -0.25) is 0 Å². The summed E-state index contributed by atoms with van der Waals surface area (Å²) in [5, 5.41) is 8.11. The normalized spacial score (nSPS) is 11.8. The highest BCUT2D eigenvalue weighted by molar-refractivity contribution is 7.99. The molecule has 10 heteroatoms. The summed E-state index contributed by atoms with van der Waals surface area (Å²) in [4.78, 5) is 6.58. The molecule has 0 radical (unpaired) electrons. The first-order valence-electron chi connectivity index (χ1n) is 5.03. The summed E-state index contributed by atoms with van der Waals surface area (Å²) in [5.74, 6) is -0.877. The van der Waals surface area contributed by atoms with Crippen LogP contribution in [0.25, 0.3) is 0 Å². The second kappa shape index (κ2) is 4.68. The molecule has 6 nitrogen and oxygen atoms in total. The zero-order valence-electron chi connectivity index (χ0n) is 9.93. The molecule has 0 aromatic carbocycles. The molecule has 0 aliphatic rings. The lowest BCUT2D eigenvalue weighted by molar-refractivity contribution is -0.145. The molecule has 19 heavy (non-hydrogen) atoms. The molecule has 0 aliphatic carbocycles. The Labute approximate surface area is 110 Å². The lowest BCUT2D eigenvalue weighted by Gasteiger charge is -2.07. The Morgan fingerprint density at radius 3 is 2.47 bits per heavy atom. The predicted molar refractivity (Wildman–Crippen MR) is 61.3 cm³/mol. The molecule has 0 unspecified atom stereocenters. The second-order valence-corrected chi connectivity index (χ2v) is 4.63. The van der Waals surface area contributed by atoms with Gasteiger partial charge >= 0.3 is 6.18 Å². The van der Waals surface area contributed by atoms with Gasteiger partial charge in [-0.05, 0) is 18.7 Å². The molecule has 0 saturated heterocycles. The number of alkyl halides is 3. The fourth-order valence-electron chi connectivity index (χ4n) is 1.19. The van der Waals surface area contributed by atoms with Gasteiger partial charge in [-0.15, -0.1) is 10.2 Å². The number of halogens is 3. The van der Waals surface area contributed by atoms with Crippen LogP contribution in [0.3, 0.4) is 0 Å². The van der Waals surface area contributed by atoms with Crippen LogP contribution in [0.15, 0.2) is 16.2 Å². The van der Waals surface area contributed by atoms with Gasteiger partial charge in [0.1, 0.15) is 16.7 Å². The summed E-state index contributed by atoms with van der Waals surface area (Å²) < 4.78 is 39.3. The van der Waals surface area contributed by atoms with Gasteiger partial charge in [-0.2, -0.15) is 13.2 Å². The molecule has 0 spiro atoms. The highest BCUT2D eigenvalue weighted by atomic mass is 32.2. The summed E-state index contributed by atoms with van der Waals surface area (Å²) >= 11 is 0.938. The van der Waals surface area contributed by atoms with E-state index in [4.69, 9.17) is 5.73 Å². The van der Waals surface area contributed by atoms with Crippen molar-refractivity contribution in [3.8, 4) is 0 Å². The number of hydrogen-bond donors (Lipinski definition) is 1. The SMILES string of the molecule is Cc1nnc(Sc2cc(N)nc(C(F)(F)F)n2)n1C. The molecular weight excluding hydrogens is 281 g/mol. The van der Waals surface area contributed by atoms with Gasteiger partial charge < -0.3 is 10.3 Å². The number of aryl methyl sites for hydroxylation is 1. The second-order valence-electron chi connectivity index (χ2n) is 3.64. The van der Waals surface area contributed by atoms with E-state index in [-0.39, 0.29) is 10.8 Å². The van der Waals surface area contributed by atoms with E-state index in [1.54, 1.807) is 18.5 Å². The molecule has 2 N–H and O–H groups in total. The summed E-state index contributed by atoms with van der Waals surface area (Å²) in [6.07, 6.45) is -4.64. The number of nitrogens with zero attached hydrogens (tertiary/aromatic N) is 5. The number of nitrogens with two attached hydrogens (primary N) is 1. The minimum Gasteiger partial charge on any atom is -0.384 e. The maximum absolute atomic E-state index is 12.5. The monoisotopic (exact) mass is 290 g/mol. The van der Waals surface area contributed by atoms with Crippen molar-refractivity contribution in [1.82, 2.24) is 24.7 Å². The molecule has 2 aromatic rings. The Balaban J connectivity index is 2.36. The van der Waals surface area contributed by atoms with Gasteiger partial charge in [0, 0.05) is 13.1 Å². The number of anilines is 1. The van der Waals surface area contributed by atoms with Crippen LogP contribution in [-0.2, 0) is 13.2 Å². The van der Waals surface area contributed by atoms with Crippen LogP contribution in [0, 0.1) is 6.92 Å². The van der Waals surface area contributed by atoms with Crippen LogP contribution in [0.1, 0.15) is 11.6 Å². The number of aromatic nitrogens is 5. The highest BCUT2D eigenvalue weighted by Gasteiger charge is 2.35. The third-order valence-corrected chi connectivity index (χ3v) is 3.18. The van der Waals surface area contributed by atoms with Gasteiger partial charge in [-0.1, -0.05) is 0 Å². The molecular formula is C9H9F3N6S. The summed E-state index contributed by atoms with van der Waals surface area (Å²) in [7, 11) is 1.70. The summed E-state index contributed by atoms with van der Waals surface area (Å²) in [6, 6.07) is 1.25. The maximum Gasteiger partial charge on any atom is 0.451 e. The van der Waals surface area contributed by atoms with Crippen LogP contribution in [0.4, 0.5) is 19.0 Å². The van der Waals surface area contributed by atoms with Crippen molar-refractivity contribution in [3.63, 3.8) is 0 Å². The zero-order valence-corrected chi connectivity index (χ0v) is 10.7. The molecule has 0 bridgehead atoms. The minimum atomic E-state index is -4.64. The first-order valence-corrected chi connectivity index (χ1v) is 5.84. The Hall–Kier alpha value is -1.84. The average Bonchev–Trinajstić information content (AvgIpc) is 2.59. The standard InChI is InChI=1S/C9H9F3N6S/c1-4-16-17-8(18(4)2)19-6-3-5(13)14-7(15-6)9(10,11)12/h3H,1-2H3,(H2,13,14,15). The van der Waals surface area contributed by atoms with Gasteiger partial charge in [0.15, 0.2) is 5.16 Å². The third kappa shape index (κ3) is 2.95. The van der Waals surface area contributed by atoms with Gasteiger partial charge in [-0.25, -0.2) is 9.97 Å². The molecule has 2 heterocycles. The molecule has 102 valence electrons. The number of nitrogen functional groups attached to an aromatic ring is 1. The quantitative estimate of drug-likeness (QED) is 0.847. The van der Waals surface area contributed by atoms with Gasteiger partial charge in [0.05, 0.1) is 0 Å². The van der Waals surface area contributed by atoms with Crippen molar-refractivity contribution in [1.29, 1.82) is 0 Å². The molecule has 2 rings (SSSR count). The van der Waals surface area contributed by atoms with Crippen molar-refractivity contribution in [2.75, 3.05) is 5.73 Å². The lowest BCUT2D eigenvalue weighted by Crippen LogP contribution is -2.13. The fourth-order valence-corrected chi connectivity index (χ4v) is 2.04. The molecule has 2 aromatic heterocycles. The lowest BCUT2D eigenvalue weighted by atomic mass is 10.5. The molecule has 0 saturated carbocycles. The first kappa shape index (κ1) is 13.6. The van der Waals surface area contributed by atoms with Crippen LogP contribution in [-0.4, -0.2) is 24.7 Å². The topological polar surface area (TPSA) is 82.5 Å². The Morgan fingerprint density at radius 1 is 1.26 bits per heavy atom. The van der Waals surface area contributed by atoms with Crippen molar-refractivity contribution < 1.29 is 13.2 Å². The summed E-state index contributed by atoms with van der Waals surface area (Å²) in [5.41, 5.74) is 5.35. The van der Waals surface area contributed by atoms with Crippen LogP contribution in [0.2, 0.25) is 0 Å². The van der Waals surface area contributed by atoms with E-state index in [1.807, 2.05) is 0 Å². The Bertz CT molecular complexity index is 608. The van der Waals surface area contributed by atoms with E-state index in [9.17, 15) is 13.2 Å². The highest BCUT2D eigenvalue weighted by Crippen LogP contribution is 2.31. The van der Waals surface area contributed by atoms with Crippen molar-refractivity contribution in [2.45, 2.75) is 23.3 Å². The molecule has 0 atom stereocenters. The van der Waals surface area contributed by atoms with E-state index in [2.05, 4.69) is 20.2 Å². The van der Waals surface area contributed by atoms with Gasteiger partial charge in [0.2, 0.25) is 5.82 Å². The van der Waals surface area contributed by atoms with Crippen molar-refractivity contribution in [2.24, 2.45) is 7.05 Å². The van der Waals surface area contributed by atoms with Gasteiger partial charge in [0.25, 0.3) is 0 Å². The smallest absolute Gasteiger partial charge is 0.384 e. The van der Waals surface area contributed by atoms with E-state index in [0.29, 0.717) is 11.0 Å².